The molecule has 3 nitrogen and oxygen atoms in total. The standard InChI is InChI=1S/C25H20BrNO2S2/c1-17-7-9-18(10-8-17)15-27-24(28)23(31-25(27)30)14-20-13-21(26)11-12-22(20)29-16-19-5-3-2-4-6-19/h2-14H,15-16H2,1H3/b23-14-. The van der Waals surface area contributed by atoms with Crippen molar-refractivity contribution < 1.29 is 9.53 Å². The van der Waals surface area contributed by atoms with Gasteiger partial charge in [0.25, 0.3) is 5.91 Å². The first kappa shape index (κ1) is 21.8. The average Bonchev–Trinajstić information content (AvgIpc) is 3.03. The van der Waals surface area contributed by atoms with E-state index in [-0.39, 0.29) is 5.91 Å². The summed E-state index contributed by atoms with van der Waals surface area (Å²) in [5.74, 6) is 0.639. The number of hydrogen-bond donors (Lipinski definition) is 0. The van der Waals surface area contributed by atoms with Gasteiger partial charge in [0.05, 0.1) is 11.4 Å². The lowest BCUT2D eigenvalue weighted by molar-refractivity contribution is -0.122. The van der Waals surface area contributed by atoms with E-state index in [1.807, 2.05) is 85.8 Å². The van der Waals surface area contributed by atoms with E-state index in [4.69, 9.17) is 17.0 Å². The first-order chi connectivity index (χ1) is 15.0. The summed E-state index contributed by atoms with van der Waals surface area (Å²) in [6.07, 6.45) is 1.86. The highest BCUT2D eigenvalue weighted by atomic mass is 79.9. The molecule has 0 spiro atoms. The quantitative estimate of drug-likeness (QED) is 0.272. The van der Waals surface area contributed by atoms with E-state index in [2.05, 4.69) is 15.9 Å². The van der Waals surface area contributed by atoms with Crippen LogP contribution in [0.25, 0.3) is 6.08 Å². The van der Waals surface area contributed by atoms with Crippen LogP contribution in [0.1, 0.15) is 22.3 Å². The first-order valence-electron chi connectivity index (χ1n) is 9.77. The fraction of sp³-hybridized carbons (Fsp3) is 0.120. The minimum atomic E-state index is -0.0791. The smallest absolute Gasteiger partial charge is 0.266 e. The van der Waals surface area contributed by atoms with Crippen molar-refractivity contribution in [2.75, 3.05) is 0 Å². The van der Waals surface area contributed by atoms with Crippen molar-refractivity contribution in [2.24, 2.45) is 0 Å². The largest absolute Gasteiger partial charge is 0.488 e. The molecular formula is C25H20BrNO2S2. The Morgan fingerprint density at radius 3 is 2.52 bits per heavy atom. The van der Waals surface area contributed by atoms with Gasteiger partial charge in [-0.2, -0.15) is 0 Å². The summed E-state index contributed by atoms with van der Waals surface area (Å²) in [6.45, 7) is 2.97. The Morgan fingerprint density at radius 2 is 1.77 bits per heavy atom. The molecule has 0 aromatic heterocycles. The Hall–Kier alpha value is -2.41. The molecule has 6 heteroatoms. The number of carbonyl (C=O) groups excluding carboxylic acids is 1. The number of ether oxygens (including phenoxy) is 1. The van der Waals surface area contributed by atoms with Gasteiger partial charge in [0.1, 0.15) is 16.7 Å². The van der Waals surface area contributed by atoms with Crippen molar-refractivity contribution in [1.82, 2.24) is 4.90 Å². The number of thiocarbonyl (C=S) groups is 1. The van der Waals surface area contributed by atoms with Crippen LogP contribution in [-0.4, -0.2) is 15.1 Å². The number of carbonyl (C=O) groups is 1. The molecule has 0 atom stereocenters. The van der Waals surface area contributed by atoms with Gasteiger partial charge in [-0.15, -0.1) is 0 Å². The second-order valence-corrected chi connectivity index (χ2v) is 9.80. The van der Waals surface area contributed by atoms with E-state index in [0.717, 1.165) is 26.9 Å². The Bertz CT molecular complexity index is 1140. The molecular weight excluding hydrogens is 490 g/mol. The zero-order valence-corrected chi connectivity index (χ0v) is 20.1. The minimum Gasteiger partial charge on any atom is -0.488 e. The molecule has 3 aromatic rings. The normalized spacial score (nSPS) is 15.0. The lowest BCUT2D eigenvalue weighted by Crippen LogP contribution is -2.27. The van der Waals surface area contributed by atoms with Gasteiger partial charge in [0.2, 0.25) is 0 Å². The number of halogens is 1. The third kappa shape index (κ3) is 5.45. The van der Waals surface area contributed by atoms with Crippen molar-refractivity contribution >= 4 is 56.2 Å². The van der Waals surface area contributed by atoms with Crippen LogP contribution in [0, 0.1) is 6.92 Å². The summed E-state index contributed by atoms with van der Waals surface area (Å²) in [5, 5.41) is 0. The number of nitrogens with zero attached hydrogens (tertiary/aromatic N) is 1. The summed E-state index contributed by atoms with van der Waals surface area (Å²) in [4.78, 5) is 15.3. The number of benzene rings is 3. The molecule has 0 radical (unpaired) electrons. The van der Waals surface area contributed by atoms with E-state index < -0.39 is 0 Å². The summed E-state index contributed by atoms with van der Waals surface area (Å²) < 4.78 is 7.54. The highest BCUT2D eigenvalue weighted by molar-refractivity contribution is 9.10. The van der Waals surface area contributed by atoms with Crippen LogP contribution in [-0.2, 0) is 17.9 Å². The topological polar surface area (TPSA) is 29.5 Å². The molecule has 3 aromatic carbocycles. The molecule has 0 saturated carbocycles. The summed E-state index contributed by atoms with van der Waals surface area (Å²) in [5.41, 5.74) is 4.16. The lowest BCUT2D eigenvalue weighted by Gasteiger charge is -2.14. The monoisotopic (exact) mass is 509 g/mol. The maximum Gasteiger partial charge on any atom is 0.266 e. The van der Waals surface area contributed by atoms with E-state index in [9.17, 15) is 4.79 Å². The first-order valence-corrected chi connectivity index (χ1v) is 11.8. The van der Waals surface area contributed by atoms with E-state index in [1.54, 1.807) is 4.90 Å². The second-order valence-electron chi connectivity index (χ2n) is 7.21. The summed E-state index contributed by atoms with van der Waals surface area (Å²) in [6, 6.07) is 23.9. The van der Waals surface area contributed by atoms with E-state index in [1.165, 1.54) is 17.3 Å². The Kier molecular flexibility index (Phi) is 6.90. The van der Waals surface area contributed by atoms with Crippen LogP contribution < -0.4 is 4.74 Å². The minimum absolute atomic E-state index is 0.0791. The number of hydrogen-bond acceptors (Lipinski definition) is 4. The molecule has 1 saturated heterocycles. The number of thioether (sulfide) groups is 1. The van der Waals surface area contributed by atoms with Crippen molar-refractivity contribution in [3.8, 4) is 5.75 Å². The van der Waals surface area contributed by atoms with Gasteiger partial charge in [-0.1, -0.05) is 100 Å². The van der Waals surface area contributed by atoms with Crippen LogP contribution in [0.5, 0.6) is 5.75 Å². The Labute approximate surface area is 200 Å². The Morgan fingerprint density at radius 1 is 1.03 bits per heavy atom. The number of aryl methyl sites for hydroxylation is 1. The van der Waals surface area contributed by atoms with Crippen LogP contribution in [0.15, 0.2) is 82.2 Å². The molecule has 1 aliphatic heterocycles. The predicted molar refractivity (Wildman–Crippen MR) is 135 cm³/mol. The van der Waals surface area contributed by atoms with Gasteiger partial charge in [-0.25, -0.2) is 0 Å². The van der Waals surface area contributed by atoms with Crippen molar-refractivity contribution in [2.45, 2.75) is 20.1 Å². The SMILES string of the molecule is Cc1ccc(CN2C(=O)/C(=C/c3cc(Br)ccc3OCc3ccccc3)SC2=S)cc1. The molecule has 1 fully saturated rings. The van der Waals surface area contributed by atoms with Crippen LogP contribution in [0.2, 0.25) is 0 Å². The number of amides is 1. The van der Waals surface area contributed by atoms with Gasteiger partial charge in [-0.3, -0.25) is 9.69 Å². The predicted octanol–water partition coefficient (Wildman–Crippen LogP) is 6.74. The highest BCUT2D eigenvalue weighted by Gasteiger charge is 2.32. The van der Waals surface area contributed by atoms with Gasteiger partial charge in [-0.05, 0) is 42.3 Å². The van der Waals surface area contributed by atoms with Crippen molar-refractivity contribution in [3.05, 3.63) is 104 Å². The second kappa shape index (κ2) is 9.81. The van der Waals surface area contributed by atoms with Crippen LogP contribution in [0.4, 0.5) is 0 Å². The maximum absolute atomic E-state index is 13.1. The van der Waals surface area contributed by atoms with Gasteiger partial charge < -0.3 is 4.74 Å². The number of rotatable bonds is 6. The fourth-order valence-electron chi connectivity index (χ4n) is 3.15. The molecule has 1 amide bonds. The molecule has 0 unspecified atom stereocenters. The van der Waals surface area contributed by atoms with Gasteiger partial charge >= 0.3 is 0 Å². The molecule has 31 heavy (non-hydrogen) atoms. The molecule has 0 bridgehead atoms. The van der Waals surface area contributed by atoms with Crippen molar-refractivity contribution in [1.29, 1.82) is 0 Å². The van der Waals surface area contributed by atoms with Gasteiger partial charge in [0, 0.05) is 10.0 Å². The Balaban J connectivity index is 1.55. The van der Waals surface area contributed by atoms with Crippen LogP contribution in [0.3, 0.4) is 0 Å². The van der Waals surface area contributed by atoms with Crippen LogP contribution >= 0.6 is 39.9 Å². The zero-order chi connectivity index (χ0) is 21.8. The lowest BCUT2D eigenvalue weighted by atomic mass is 10.1. The van der Waals surface area contributed by atoms with Gasteiger partial charge in [0.15, 0.2) is 0 Å². The summed E-state index contributed by atoms with van der Waals surface area (Å²) >= 11 is 10.3. The summed E-state index contributed by atoms with van der Waals surface area (Å²) in [7, 11) is 0. The molecule has 4 rings (SSSR count). The zero-order valence-electron chi connectivity index (χ0n) is 16.9. The third-order valence-electron chi connectivity index (χ3n) is 4.83. The molecule has 0 N–H and O–H groups in total. The van der Waals surface area contributed by atoms with E-state index in [0.29, 0.717) is 22.4 Å². The molecule has 1 aliphatic rings. The van der Waals surface area contributed by atoms with E-state index >= 15 is 0 Å². The molecule has 156 valence electrons. The average molecular weight is 510 g/mol. The fourth-order valence-corrected chi connectivity index (χ4v) is 4.78. The molecule has 0 aliphatic carbocycles. The molecule has 1 heterocycles. The maximum atomic E-state index is 13.1. The highest BCUT2D eigenvalue weighted by Crippen LogP contribution is 2.36. The third-order valence-corrected chi connectivity index (χ3v) is 6.70. The van der Waals surface area contributed by atoms with Crippen molar-refractivity contribution in [3.63, 3.8) is 0 Å².